The summed E-state index contributed by atoms with van der Waals surface area (Å²) in [5, 5.41) is 0. The Morgan fingerprint density at radius 1 is 1.04 bits per heavy atom. The van der Waals surface area contributed by atoms with Crippen LogP contribution in [0.1, 0.15) is 47.9 Å². The molecule has 1 atom stereocenters. The largest absolute Gasteiger partial charge is 0.493 e. The Kier molecular flexibility index (Phi) is 4.89. The zero-order valence-corrected chi connectivity index (χ0v) is 16.7. The van der Waals surface area contributed by atoms with Gasteiger partial charge in [-0.2, -0.15) is 0 Å². The first-order valence-electron chi connectivity index (χ1n) is 10.7. The molecule has 0 N–H and O–H groups in total. The van der Waals surface area contributed by atoms with E-state index in [-0.39, 0.29) is 0 Å². The molecule has 5 rings (SSSR count). The molecular formula is C24H29NO3. The summed E-state index contributed by atoms with van der Waals surface area (Å²) in [7, 11) is 0. The fourth-order valence-electron chi connectivity index (χ4n) is 4.90. The van der Waals surface area contributed by atoms with Crippen LogP contribution in [0.5, 0.6) is 17.2 Å². The standard InChI is InChI=1S/C24H29NO3/c1-2-25(12-10-17-6-7-18-11-13-26-23(18)14-17)15-19-4-3-5-21-20(19)8-9-22-24(21)28-16-27-22/h6-9,14,19H,2-5,10-13,15-16H2,1H3/t19-/m0/s1. The highest BCUT2D eigenvalue weighted by Gasteiger charge is 2.28. The molecule has 2 heterocycles. The second-order valence-electron chi connectivity index (χ2n) is 8.14. The lowest BCUT2D eigenvalue weighted by molar-refractivity contribution is 0.173. The molecule has 0 bridgehead atoms. The van der Waals surface area contributed by atoms with Gasteiger partial charge in [0.25, 0.3) is 0 Å². The third kappa shape index (κ3) is 3.35. The van der Waals surface area contributed by atoms with Crippen molar-refractivity contribution in [1.29, 1.82) is 0 Å². The van der Waals surface area contributed by atoms with E-state index in [9.17, 15) is 0 Å². The number of likely N-dealkylation sites (N-methyl/N-ethyl adjacent to an activating group) is 1. The predicted octanol–water partition coefficient (Wildman–Crippen LogP) is 4.33. The van der Waals surface area contributed by atoms with Gasteiger partial charge in [0.05, 0.1) is 6.61 Å². The maximum absolute atomic E-state index is 5.77. The Balaban J connectivity index is 1.26. The van der Waals surface area contributed by atoms with Crippen LogP contribution in [-0.2, 0) is 19.3 Å². The molecule has 0 amide bonds. The number of ether oxygens (including phenoxy) is 3. The molecule has 2 aromatic carbocycles. The smallest absolute Gasteiger partial charge is 0.231 e. The van der Waals surface area contributed by atoms with Crippen molar-refractivity contribution in [1.82, 2.24) is 4.90 Å². The summed E-state index contributed by atoms with van der Waals surface area (Å²) < 4.78 is 17.1. The van der Waals surface area contributed by atoms with Crippen molar-refractivity contribution in [2.24, 2.45) is 0 Å². The van der Waals surface area contributed by atoms with Gasteiger partial charge in [0.2, 0.25) is 6.79 Å². The zero-order valence-electron chi connectivity index (χ0n) is 16.7. The minimum Gasteiger partial charge on any atom is -0.493 e. The number of rotatable bonds is 6. The van der Waals surface area contributed by atoms with Gasteiger partial charge < -0.3 is 19.1 Å². The molecule has 1 aliphatic carbocycles. The Morgan fingerprint density at radius 3 is 2.93 bits per heavy atom. The van der Waals surface area contributed by atoms with E-state index < -0.39 is 0 Å². The summed E-state index contributed by atoms with van der Waals surface area (Å²) in [4.78, 5) is 2.60. The third-order valence-electron chi connectivity index (χ3n) is 6.50. The Labute approximate surface area is 167 Å². The van der Waals surface area contributed by atoms with Crippen molar-refractivity contribution in [3.63, 3.8) is 0 Å². The van der Waals surface area contributed by atoms with Gasteiger partial charge in [0.15, 0.2) is 11.5 Å². The van der Waals surface area contributed by atoms with Crippen LogP contribution in [-0.4, -0.2) is 37.9 Å². The average molecular weight is 380 g/mol. The maximum Gasteiger partial charge on any atom is 0.231 e. The van der Waals surface area contributed by atoms with E-state index in [0.717, 1.165) is 62.8 Å². The molecule has 28 heavy (non-hydrogen) atoms. The van der Waals surface area contributed by atoms with Crippen molar-refractivity contribution in [2.45, 2.75) is 44.9 Å². The monoisotopic (exact) mass is 379 g/mol. The van der Waals surface area contributed by atoms with Crippen LogP contribution in [0.4, 0.5) is 0 Å². The van der Waals surface area contributed by atoms with Crippen LogP contribution in [0.15, 0.2) is 30.3 Å². The van der Waals surface area contributed by atoms with E-state index in [1.54, 1.807) is 0 Å². The highest BCUT2D eigenvalue weighted by Crippen LogP contribution is 2.44. The summed E-state index contributed by atoms with van der Waals surface area (Å²) in [6.45, 7) is 6.75. The molecular weight excluding hydrogens is 350 g/mol. The van der Waals surface area contributed by atoms with E-state index in [1.807, 2.05) is 0 Å². The average Bonchev–Trinajstić information content (AvgIpc) is 3.39. The van der Waals surface area contributed by atoms with Crippen molar-refractivity contribution in [3.05, 3.63) is 52.6 Å². The molecule has 3 aliphatic rings. The molecule has 0 saturated carbocycles. The second kappa shape index (κ2) is 7.67. The number of benzene rings is 2. The molecule has 0 unspecified atom stereocenters. The molecule has 2 aliphatic heterocycles. The number of hydrogen-bond acceptors (Lipinski definition) is 4. The SMILES string of the molecule is CCN(CCc1ccc2c(c1)OCC2)C[C@@H]1CCCc2c1ccc1c2OCO1. The number of fused-ring (bicyclic) bond motifs is 4. The topological polar surface area (TPSA) is 30.9 Å². The first-order valence-corrected chi connectivity index (χ1v) is 10.7. The molecule has 0 radical (unpaired) electrons. The van der Waals surface area contributed by atoms with Gasteiger partial charge in [0.1, 0.15) is 5.75 Å². The molecule has 2 aromatic rings. The summed E-state index contributed by atoms with van der Waals surface area (Å²) in [6, 6.07) is 11.1. The van der Waals surface area contributed by atoms with Gasteiger partial charge in [-0.1, -0.05) is 25.1 Å². The Hall–Kier alpha value is -2.20. The number of nitrogens with zero attached hydrogens (tertiary/aromatic N) is 1. The highest BCUT2D eigenvalue weighted by atomic mass is 16.7. The fraction of sp³-hybridized carbons (Fsp3) is 0.500. The van der Waals surface area contributed by atoms with E-state index >= 15 is 0 Å². The minimum atomic E-state index is 0.363. The van der Waals surface area contributed by atoms with Gasteiger partial charge in [-0.3, -0.25) is 0 Å². The molecule has 0 saturated heterocycles. The van der Waals surface area contributed by atoms with Crippen LogP contribution in [0, 0.1) is 0 Å². The quantitative estimate of drug-likeness (QED) is 0.747. The lowest BCUT2D eigenvalue weighted by atomic mass is 9.82. The molecule has 0 aromatic heterocycles. The van der Waals surface area contributed by atoms with Gasteiger partial charge in [0, 0.05) is 25.1 Å². The van der Waals surface area contributed by atoms with Crippen LogP contribution in [0.3, 0.4) is 0 Å². The van der Waals surface area contributed by atoms with E-state index in [0.29, 0.717) is 12.7 Å². The van der Waals surface area contributed by atoms with Crippen molar-refractivity contribution in [2.75, 3.05) is 33.0 Å². The summed E-state index contributed by atoms with van der Waals surface area (Å²) >= 11 is 0. The fourth-order valence-corrected chi connectivity index (χ4v) is 4.90. The van der Waals surface area contributed by atoms with E-state index in [4.69, 9.17) is 14.2 Å². The van der Waals surface area contributed by atoms with Gasteiger partial charge in [-0.15, -0.1) is 0 Å². The van der Waals surface area contributed by atoms with E-state index in [1.165, 1.54) is 35.1 Å². The van der Waals surface area contributed by atoms with Crippen LogP contribution in [0.25, 0.3) is 0 Å². The first kappa shape index (κ1) is 17.9. The van der Waals surface area contributed by atoms with Gasteiger partial charge in [-0.25, -0.2) is 0 Å². The second-order valence-corrected chi connectivity index (χ2v) is 8.14. The molecule has 4 nitrogen and oxygen atoms in total. The summed E-state index contributed by atoms with van der Waals surface area (Å²) in [5.41, 5.74) is 5.60. The molecule has 4 heteroatoms. The summed E-state index contributed by atoms with van der Waals surface area (Å²) in [6.07, 6.45) is 5.73. The van der Waals surface area contributed by atoms with Crippen LogP contribution < -0.4 is 14.2 Å². The number of hydrogen-bond donors (Lipinski definition) is 0. The van der Waals surface area contributed by atoms with Gasteiger partial charge >= 0.3 is 0 Å². The van der Waals surface area contributed by atoms with Crippen LogP contribution >= 0.6 is 0 Å². The highest BCUT2D eigenvalue weighted by molar-refractivity contribution is 5.54. The lowest BCUT2D eigenvalue weighted by Crippen LogP contribution is -2.32. The summed E-state index contributed by atoms with van der Waals surface area (Å²) in [5.74, 6) is 3.60. The molecule has 0 fully saturated rings. The maximum atomic E-state index is 5.77. The van der Waals surface area contributed by atoms with Crippen molar-refractivity contribution >= 4 is 0 Å². The predicted molar refractivity (Wildman–Crippen MR) is 110 cm³/mol. The normalized spacial score (nSPS) is 19.4. The Bertz CT molecular complexity index is 863. The minimum absolute atomic E-state index is 0.363. The van der Waals surface area contributed by atoms with Crippen molar-refractivity contribution in [3.8, 4) is 17.2 Å². The molecule has 148 valence electrons. The molecule has 0 spiro atoms. The Morgan fingerprint density at radius 2 is 2.00 bits per heavy atom. The van der Waals surface area contributed by atoms with E-state index in [2.05, 4.69) is 42.2 Å². The first-order chi connectivity index (χ1) is 13.8. The third-order valence-corrected chi connectivity index (χ3v) is 6.50. The zero-order chi connectivity index (χ0) is 18.9. The lowest BCUT2D eigenvalue weighted by Gasteiger charge is -2.31. The van der Waals surface area contributed by atoms with Crippen LogP contribution in [0.2, 0.25) is 0 Å². The van der Waals surface area contributed by atoms with Gasteiger partial charge in [-0.05, 0) is 67.0 Å². The van der Waals surface area contributed by atoms with Crippen molar-refractivity contribution < 1.29 is 14.2 Å².